The molecule has 1 unspecified atom stereocenters. The number of aryl methyl sites for hydroxylation is 1. The third-order valence-electron chi connectivity index (χ3n) is 2.11. The molecular formula is C9H12N2. The third kappa shape index (κ3) is 1.20. The Balaban J connectivity index is 2.34. The van der Waals surface area contributed by atoms with E-state index in [0.717, 1.165) is 6.42 Å². The number of hydrogen-bond donors (Lipinski definition) is 1. The van der Waals surface area contributed by atoms with Crippen molar-refractivity contribution >= 4 is 5.69 Å². The molecule has 1 aromatic heterocycles. The Morgan fingerprint density at radius 2 is 2.55 bits per heavy atom. The molecule has 1 atom stereocenters. The third-order valence-corrected chi connectivity index (χ3v) is 2.11. The van der Waals surface area contributed by atoms with E-state index in [1.54, 1.807) is 0 Å². The molecule has 0 amide bonds. The summed E-state index contributed by atoms with van der Waals surface area (Å²) >= 11 is 0. The van der Waals surface area contributed by atoms with E-state index in [-0.39, 0.29) is 0 Å². The molecule has 58 valence electrons. The van der Waals surface area contributed by atoms with E-state index in [1.165, 1.54) is 17.8 Å². The van der Waals surface area contributed by atoms with E-state index in [2.05, 4.69) is 23.3 Å². The Kier molecular flexibility index (Phi) is 1.53. The van der Waals surface area contributed by atoms with Crippen molar-refractivity contribution in [2.75, 3.05) is 5.32 Å². The second-order valence-corrected chi connectivity index (χ2v) is 3.08. The van der Waals surface area contributed by atoms with Gasteiger partial charge in [-0.25, -0.2) is 0 Å². The van der Waals surface area contributed by atoms with Crippen molar-refractivity contribution in [3.05, 3.63) is 24.0 Å². The number of rotatable bonds is 0. The highest BCUT2D eigenvalue weighted by molar-refractivity contribution is 5.49. The summed E-state index contributed by atoms with van der Waals surface area (Å²) in [5.74, 6) is 0. The highest BCUT2D eigenvalue weighted by Crippen LogP contribution is 2.21. The van der Waals surface area contributed by atoms with Gasteiger partial charge in [-0.1, -0.05) is 0 Å². The first-order chi connectivity index (χ1) is 5.36. The molecule has 2 rings (SSSR count). The van der Waals surface area contributed by atoms with E-state index in [1.807, 2.05) is 12.3 Å². The number of nitrogens with one attached hydrogen (secondary N) is 1. The molecule has 0 spiro atoms. The van der Waals surface area contributed by atoms with Crippen LogP contribution in [-0.2, 0) is 6.42 Å². The van der Waals surface area contributed by atoms with Crippen LogP contribution in [0, 0.1) is 0 Å². The topological polar surface area (TPSA) is 24.9 Å². The minimum absolute atomic E-state index is 0.603. The van der Waals surface area contributed by atoms with E-state index in [9.17, 15) is 0 Å². The van der Waals surface area contributed by atoms with Crippen LogP contribution in [0.5, 0.6) is 0 Å². The molecule has 1 aromatic rings. The normalized spacial score (nSPS) is 22.1. The molecule has 1 aliphatic rings. The minimum atomic E-state index is 0.603. The molecule has 0 bridgehead atoms. The Morgan fingerprint density at radius 3 is 3.45 bits per heavy atom. The summed E-state index contributed by atoms with van der Waals surface area (Å²) in [6.45, 7) is 2.20. The molecule has 0 radical (unpaired) electrons. The van der Waals surface area contributed by atoms with Crippen LogP contribution in [0.25, 0.3) is 0 Å². The van der Waals surface area contributed by atoms with Crippen LogP contribution in [0.4, 0.5) is 5.69 Å². The van der Waals surface area contributed by atoms with Crippen molar-refractivity contribution in [1.82, 2.24) is 4.98 Å². The summed E-state index contributed by atoms with van der Waals surface area (Å²) in [5.41, 5.74) is 2.43. The molecule has 2 nitrogen and oxygen atoms in total. The zero-order valence-corrected chi connectivity index (χ0v) is 6.67. The van der Waals surface area contributed by atoms with Crippen molar-refractivity contribution < 1.29 is 0 Å². The molecule has 0 aliphatic carbocycles. The summed E-state index contributed by atoms with van der Waals surface area (Å²) in [6, 6.07) is 4.67. The van der Waals surface area contributed by atoms with Gasteiger partial charge in [0.05, 0.1) is 11.4 Å². The average molecular weight is 148 g/mol. The lowest BCUT2D eigenvalue weighted by Crippen LogP contribution is -2.22. The number of fused-ring (bicyclic) bond motifs is 1. The van der Waals surface area contributed by atoms with Gasteiger partial charge >= 0.3 is 0 Å². The fourth-order valence-corrected chi connectivity index (χ4v) is 1.46. The van der Waals surface area contributed by atoms with Crippen LogP contribution >= 0.6 is 0 Å². The van der Waals surface area contributed by atoms with Gasteiger partial charge < -0.3 is 5.32 Å². The first kappa shape index (κ1) is 6.65. The SMILES string of the molecule is CC1CCc2ncccc2N1. The number of anilines is 1. The molecule has 0 aromatic carbocycles. The zero-order chi connectivity index (χ0) is 7.68. The molecule has 11 heavy (non-hydrogen) atoms. The summed E-state index contributed by atoms with van der Waals surface area (Å²) in [6.07, 6.45) is 4.17. The maximum absolute atomic E-state index is 4.29. The molecule has 2 heterocycles. The van der Waals surface area contributed by atoms with E-state index >= 15 is 0 Å². The first-order valence-electron chi connectivity index (χ1n) is 4.06. The number of nitrogens with zero attached hydrogens (tertiary/aromatic N) is 1. The van der Waals surface area contributed by atoms with Crippen LogP contribution in [-0.4, -0.2) is 11.0 Å². The summed E-state index contributed by atoms with van der Waals surface area (Å²) < 4.78 is 0. The summed E-state index contributed by atoms with van der Waals surface area (Å²) in [5, 5.41) is 3.40. The van der Waals surface area contributed by atoms with E-state index in [0.29, 0.717) is 6.04 Å². The highest BCUT2D eigenvalue weighted by atomic mass is 14.9. The van der Waals surface area contributed by atoms with Gasteiger partial charge in [0.15, 0.2) is 0 Å². The monoisotopic (exact) mass is 148 g/mol. The molecular weight excluding hydrogens is 136 g/mol. The molecule has 0 saturated carbocycles. The standard InChI is InChI=1S/C9H12N2/c1-7-4-5-8-9(11-7)3-2-6-10-8/h2-3,6-7,11H,4-5H2,1H3. The fourth-order valence-electron chi connectivity index (χ4n) is 1.46. The zero-order valence-electron chi connectivity index (χ0n) is 6.67. The number of pyridine rings is 1. The fraction of sp³-hybridized carbons (Fsp3) is 0.444. The maximum atomic E-state index is 4.29. The summed E-state index contributed by atoms with van der Waals surface area (Å²) in [4.78, 5) is 4.29. The summed E-state index contributed by atoms with van der Waals surface area (Å²) in [7, 11) is 0. The molecule has 2 heteroatoms. The lowest BCUT2D eigenvalue weighted by atomic mass is 10.0. The van der Waals surface area contributed by atoms with Gasteiger partial charge in [0.2, 0.25) is 0 Å². The second kappa shape index (κ2) is 2.53. The Bertz CT molecular complexity index is 257. The number of aromatic nitrogens is 1. The van der Waals surface area contributed by atoms with Crippen molar-refractivity contribution in [2.45, 2.75) is 25.8 Å². The van der Waals surface area contributed by atoms with Crippen molar-refractivity contribution in [3.8, 4) is 0 Å². The van der Waals surface area contributed by atoms with Crippen molar-refractivity contribution in [3.63, 3.8) is 0 Å². The molecule has 1 N–H and O–H groups in total. The highest BCUT2D eigenvalue weighted by Gasteiger charge is 2.13. The maximum Gasteiger partial charge on any atom is 0.0635 e. The minimum Gasteiger partial charge on any atom is -0.381 e. The van der Waals surface area contributed by atoms with Gasteiger partial charge in [-0.2, -0.15) is 0 Å². The number of hydrogen-bond acceptors (Lipinski definition) is 2. The van der Waals surface area contributed by atoms with E-state index in [4.69, 9.17) is 0 Å². The van der Waals surface area contributed by atoms with Crippen molar-refractivity contribution in [2.24, 2.45) is 0 Å². The van der Waals surface area contributed by atoms with Gasteiger partial charge in [-0.05, 0) is 31.9 Å². The van der Waals surface area contributed by atoms with Gasteiger partial charge in [0.25, 0.3) is 0 Å². The molecule has 0 saturated heterocycles. The average Bonchev–Trinajstić information content (AvgIpc) is 2.04. The van der Waals surface area contributed by atoms with Crippen LogP contribution in [0.1, 0.15) is 19.0 Å². The van der Waals surface area contributed by atoms with Gasteiger partial charge in [0.1, 0.15) is 0 Å². The lowest BCUT2D eigenvalue weighted by molar-refractivity contribution is 0.668. The Labute approximate surface area is 66.7 Å². The van der Waals surface area contributed by atoms with Gasteiger partial charge in [-0.15, -0.1) is 0 Å². The molecule has 1 aliphatic heterocycles. The smallest absolute Gasteiger partial charge is 0.0635 e. The predicted octanol–water partition coefficient (Wildman–Crippen LogP) is 1.83. The Hall–Kier alpha value is -1.05. The quantitative estimate of drug-likeness (QED) is 0.607. The van der Waals surface area contributed by atoms with E-state index < -0.39 is 0 Å². The second-order valence-electron chi connectivity index (χ2n) is 3.08. The Morgan fingerprint density at radius 1 is 1.64 bits per heavy atom. The largest absolute Gasteiger partial charge is 0.381 e. The lowest BCUT2D eigenvalue weighted by Gasteiger charge is -2.22. The predicted molar refractivity (Wildman–Crippen MR) is 45.6 cm³/mol. The van der Waals surface area contributed by atoms with Crippen LogP contribution in [0.3, 0.4) is 0 Å². The molecule has 0 fully saturated rings. The van der Waals surface area contributed by atoms with Crippen LogP contribution in [0.15, 0.2) is 18.3 Å². The van der Waals surface area contributed by atoms with Gasteiger partial charge in [0, 0.05) is 12.2 Å². The van der Waals surface area contributed by atoms with Crippen molar-refractivity contribution in [1.29, 1.82) is 0 Å². The van der Waals surface area contributed by atoms with Crippen LogP contribution < -0.4 is 5.32 Å². The van der Waals surface area contributed by atoms with Gasteiger partial charge in [-0.3, -0.25) is 4.98 Å². The first-order valence-corrected chi connectivity index (χ1v) is 4.06. The van der Waals surface area contributed by atoms with Crippen LogP contribution in [0.2, 0.25) is 0 Å².